The second kappa shape index (κ2) is 19.5. The molecule has 0 aromatic heterocycles. The summed E-state index contributed by atoms with van der Waals surface area (Å²) in [6, 6.07) is 21.6. The first-order chi connectivity index (χ1) is 8.79. The van der Waals surface area contributed by atoms with Crippen LogP contribution < -0.4 is 0 Å². The van der Waals surface area contributed by atoms with Gasteiger partial charge in [-0.15, -0.1) is 0 Å². The Kier molecular flexibility index (Phi) is 23.8. The molecule has 0 aliphatic heterocycles. The maximum absolute atomic E-state index is 2.93. The van der Waals surface area contributed by atoms with E-state index in [1.165, 1.54) is 11.1 Å². The minimum Gasteiger partial charge on any atom is -0.184 e. The Labute approximate surface area is 134 Å². The third-order valence-electron chi connectivity index (χ3n) is 1.77. The van der Waals surface area contributed by atoms with Gasteiger partial charge in [-0.2, -0.15) is 71.8 Å². The smallest absolute Gasteiger partial charge is 0.184 e. The Morgan fingerprint density at radius 3 is 0.895 bits per heavy atom. The molecule has 104 valence electrons. The van der Waals surface area contributed by atoms with Crippen LogP contribution in [0.4, 0.5) is 0 Å². The predicted molar refractivity (Wildman–Crippen MR) is 82.7 cm³/mol. The van der Waals surface area contributed by atoms with E-state index in [-0.39, 0.29) is 21.1 Å². The summed E-state index contributed by atoms with van der Waals surface area (Å²) in [6.07, 6.45) is 0. The van der Waals surface area contributed by atoms with Gasteiger partial charge in [-0.1, -0.05) is 41.5 Å². The van der Waals surface area contributed by atoms with Gasteiger partial charge >= 0.3 is 21.1 Å². The SMILES string of the molecule is CC.CC.Cc1cc[c-]cc1.Cc1cc[c-]cc1.[W+2]. The fourth-order valence-corrected chi connectivity index (χ4v) is 0.940. The first kappa shape index (κ1) is 23.2. The maximum Gasteiger partial charge on any atom is 2.00 e. The predicted octanol–water partition coefficient (Wildman–Crippen LogP) is 5.64. The molecule has 2 aromatic rings. The van der Waals surface area contributed by atoms with Crippen molar-refractivity contribution in [1.82, 2.24) is 0 Å². The molecule has 0 saturated heterocycles. The molecule has 0 atom stereocenters. The standard InChI is InChI=1S/2C7H7.2C2H6.W/c2*1-7-5-3-2-4-6-7;2*1-2;/h2*3-6H,1H3;2*1-2H3;/q2*-1;;;+2. The van der Waals surface area contributed by atoms with E-state index in [1.807, 2.05) is 76.2 Å². The average Bonchev–Trinajstić information content (AvgIpc) is 2.46. The van der Waals surface area contributed by atoms with E-state index >= 15 is 0 Å². The molecule has 0 nitrogen and oxygen atoms in total. The van der Waals surface area contributed by atoms with Crippen LogP contribution in [0.3, 0.4) is 0 Å². The summed E-state index contributed by atoms with van der Waals surface area (Å²) in [5.41, 5.74) is 2.58. The molecule has 0 amide bonds. The van der Waals surface area contributed by atoms with Gasteiger partial charge < -0.3 is 0 Å². The van der Waals surface area contributed by atoms with Gasteiger partial charge in [0.15, 0.2) is 0 Å². The van der Waals surface area contributed by atoms with Gasteiger partial charge in [0.05, 0.1) is 0 Å². The van der Waals surface area contributed by atoms with E-state index in [1.54, 1.807) is 0 Å². The van der Waals surface area contributed by atoms with Crippen LogP contribution in [0.2, 0.25) is 0 Å². The van der Waals surface area contributed by atoms with E-state index in [0.29, 0.717) is 0 Å². The van der Waals surface area contributed by atoms with Crippen LogP contribution in [-0.2, 0) is 21.1 Å². The van der Waals surface area contributed by atoms with Gasteiger partial charge in [0.25, 0.3) is 0 Å². The normalized spacial score (nSPS) is 7.05. The molecular formula is C18H26W. The first-order valence-corrected chi connectivity index (χ1v) is 6.64. The number of benzene rings is 2. The number of hydrogen-bond donors (Lipinski definition) is 0. The molecule has 0 bridgehead atoms. The van der Waals surface area contributed by atoms with Gasteiger partial charge in [0.1, 0.15) is 0 Å². The second-order valence-electron chi connectivity index (χ2n) is 3.15. The van der Waals surface area contributed by atoms with Crippen molar-refractivity contribution in [3.8, 4) is 0 Å². The summed E-state index contributed by atoms with van der Waals surface area (Å²) in [7, 11) is 0. The van der Waals surface area contributed by atoms with Gasteiger partial charge in [-0.25, -0.2) is 0 Å². The fourth-order valence-electron chi connectivity index (χ4n) is 0.940. The van der Waals surface area contributed by atoms with Crippen molar-refractivity contribution < 1.29 is 21.1 Å². The van der Waals surface area contributed by atoms with Gasteiger partial charge in [0.2, 0.25) is 0 Å². The Morgan fingerprint density at radius 2 is 0.789 bits per heavy atom. The van der Waals surface area contributed by atoms with Crippen molar-refractivity contribution in [1.29, 1.82) is 0 Å². The fraction of sp³-hybridized carbons (Fsp3) is 0.333. The number of rotatable bonds is 0. The quantitative estimate of drug-likeness (QED) is 0.479. The average molecular weight is 426 g/mol. The molecule has 0 aliphatic carbocycles. The first-order valence-electron chi connectivity index (χ1n) is 6.64. The molecule has 0 heterocycles. The zero-order chi connectivity index (χ0) is 14.2. The molecule has 2 rings (SSSR count). The zero-order valence-electron chi connectivity index (χ0n) is 13.0. The van der Waals surface area contributed by atoms with Crippen LogP contribution in [0.5, 0.6) is 0 Å². The largest absolute Gasteiger partial charge is 2.00 e. The summed E-state index contributed by atoms with van der Waals surface area (Å²) < 4.78 is 0. The molecule has 0 aliphatic rings. The van der Waals surface area contributed by atoms with E-state index in [9.17, 15) is 0 Å². The van der Waals surface area contributed by atoms with Gasteiger partial charge in [-0.05, 0) is 0 Å². The minimum absolute atomic E-state index is 0. The van der Waals surface area contributed by atoms with Crippen molar-refractivity contribution in [3.63, 3.8) is 0 Å². The molecule has 0 spiro atoms. The molecule has 0 unspecified atom stereocenters. The van der Waals surface area contributed by atoms with Crippen molar-refractivity contribution in [2.45, 2.75) is 41.5 Å². The monoisotopic (exact) mass is 426 g/mol. The molecule has 0 radical (unpaired) electrons. The zero-order valence-corrected chi connectivity index (χ0v) is 16.0. The Morgan fingerprint density at radius 1 is 0.579 bits per heavy atom. The van der Waals surface area contributed by atoms with Crippen LogP contribution in [-0.4, -0.2) is 0 Å². The van der Waals surface area contributed by atoms with Crippen molar-refractivity contribution >= 4 is 0 Å². The van der Waals surface area contributed by atoms with Crippen molar-refractivity contribution in [3.05, 3.63) is 71.8 Å². The van der Waals surface area contributed by atoms with E-state index in [2.05, 4.69) is 26.0 Å². The maximum atomic E-state index is 2.93. The minimum atomic E-state index is 0. The van der Waals surface area contributed by atoms with Gasteiger partial charge in [0, 0.05) is 0 Å². The van der Waals surface area contributed by atoms with Crippen LogP contribution in [0.25, 0.3) is 0 Å². The second-order valence-corrected chi connectivity index (χ2v) is 3.15. The van der Waals surface area contributed by atoms with Crippen LogP contribution in [0.1, 0.15) is 38.8 Å². The topological polar surface area (TPSA) is 0 Å². The van der Waals surface area contributed by atoms with Crippen LogP contribution in [0.15, 0.2) is 48.5 Å². The van der Waals surface area contributed by atoms with Crippen molar-refractivity contribution in [2.75, 3.05) is 0 Å². The molecule has 0 saturated carbocycles. The summed E-state index contributed by atoms with van der Waals surface area (Å²) in [4.78, 5) is 0. The summed E-state index contributed by atoms with van der Waals surface area (Å²) in [5.74, 6) is 0. The number of aryl methyl sites for hydroxylation is 2. The third kappa shape index (κ3) is 17.1. The van der Waals surface area contributed by atoms with Gasteiger partial charge in [-0.3, -0.25) is 0 Å². The molecule has 19 heavy (non-hydrogen) atoms. The van der Waals surface area contributed by atoms with Crippen LogP contribution >= 0.6 is 0 Å². The molecule has 0 N–H and O–H groups in total. The molecule has 1 heteroatoms. The Bertz CT molecular complexity index is 303. The molecule has 2 aromatic carbocycles. The Balaban J connectivity index is -0.000000205. The summed E-state index contributed by atoms with van der Waals surface area (Å²) >= 11 is 0. The summed E-state index contributed by atoms with van der Waals surface area (Å²) in [6.45, 7) is 12.1. The Hall–Kier alpha value is -0.872. The van der Waals surface area contributed by atoms with E-state index in [4.69, 9.17) is 0 Å². The third-order valence-corrected chi connectivity index (χ3v) is 1.77. The van der Waals surface area contributed by atoms with Crippen LogP contribution in [0, 0.1) is 26.0 Å². The van der Waals surface area contributed by atoms with E-state index < -0.39 is 0 Å². The molecule has 0 fully saturated rings. The number of hydrogen-bond acceptors (Lipinski definition) is 0. The summed E-state index contributed by atoms with van der Waals surface area (Å²) in [5, 5.41) is 0. The van der Waals surface area contributed by atoms with E-state index in [0.717, 1.165) is 0 Å². The van der Waals surface area contributed by atoms with Crippen molar-refractivity contribution in [2.24, 2.45) is 0 Å². The molecular weight excluding hydrogens is 400 g/mol.